The third-order valence-electron chi connectivity index (χ3n) is 4.89. The zero-order valence-corrected chi connectivity index (χ0v) is 13.1. The highest BCUT2D eigenvalue weighted by Gasteiger charge is 2.42. The fraction of sp³-hybridized carbons (Fsp3) is 0.625. The van der Waals surface area contributed by atoms with E-state index >= 15 is 0 Å². The number of halogens is 1. The van der Waals surface area contributed by atoms with Gasteiger partial charge in [-0.15, -0.1) is 0 Å². The predicted octanol–water partition coefficient (Wildman–Crippen LogP) is 4.57. The molecule has 0 bridgehead atoms. The zero-order chi connectivity index (χ0) is 13.5. The van der Waals surface area contributed by atoms with Crippen LogP contribution in [0.25, 0.3) is 0 Å². The fourth-order valence-corrected chi connectivity index (χ4v) is 3.95. The number of hydrogen-bond donors (Lipinski definition) is 1. The lowest BCUT2D eigenvalue weighted by atomic mass is 9.73. The second-order valence-electron chi connectivity index (χ2n) is 6.13. The fourth-order valence-electron chi connectivity index (χ4n) is 3.61. The van der Waals surface area contributed by atoms with Crippen LogP contribution in [0.1, 0.15) is 57.1 Å². The van der Waals surface area contributed by atoms with Gasteiger partial charge in [-0.25, -0.2) is 0 Å². The first kappa shape index (κ1) is 13.4. The molecule has 1 spiro atoms. The van der Waals surface area contributed by atoms with E-state index in [1.165, 1.54) is 19.3 Å². The Bertz CT molecular complexity index is 466. The number of hydrogen-bond acceptors (Lipinski definition) is 2. The number of ether oxygens (including phenoxy) is 1. The van der Waals surface area contributed by atoms with Gasteiger partial charge in [-0.3, -0.25) is 0 Å². The molecule has 2 aliphatic rings. The number of fused-ring (bicyclic) bond motifs is 1. The van der Waals surface area contributed by atoms with Gasteiger partial charge in [-0.2, -0.15) is 0 Å². The average molecular weight is 324 g/mol. The lowest BCUT2D eigenvalue weighted by Crippen LogP contribution is -2.45. The van der Waals surface area contributed by atoms with E-state index in [4.69, 9.17) is 10.5 Å². The largest absolute Gasteiger partial charge is 0.487 e. The van der Waals surface area contributed by atoms with E-state index in [-0.39, 0.29) is 11.6 Å². The summed E-state index contributed by atoms with van der Waals surface area (Å²) in [5.74, 6) is 1.87. The van der Waals surface area contributed by atoms with Crippen molar-refractivity contribution >= 4 is 15.9 Å². The van der Waals surface area contributed by atoms with Crippen molar-refractivity contribution in [3.63, 3.8) is 0 Å². The van der Waals surface area contributed by atoms with Crippen LogP contribution in [0.4, 0.5) is 0 Å². The SMILES string of the molecule is CCC1CCC2(CC1)C[C@@H](N)c1ccc(Br)cc1O2. The van der Waals surface area contributed by atoms with E-state index < -0.39 is 0 Å². The normalized spacial score (nSPS) is 33.8. The summed E-state index contributed by atoms with van der Waals surface area (Å²) < 4.78 is 7.46. The van der Waals surface area contributed by atoms with Crippen LogP contribution in [0.3, 0.4) is 0 Å². The van der Waals surface area contributed by atoms with Gasteiger partial charge >= 0.3 is 0 Å². The van der Waals surface area contributed by atoms with Crippen LogP contribution in [-0.4, -0.2) is 5.60 Å². The zero-order valence-electron chi connectivity index (χ0n) is 11.5. The summed E-state index contributed by atoms with van der Waals surface area (Å²) in [5.41, 5.74) is 7.53. The molecule has 1 fully saturated rings. The second-order valence-corrected chi connectivity index (χ2v) is 7.05. The van der Waals surface area contributed by atoms with E-state index in [1.807, 2.05) is 6.07 Å². The molecular formula is C16H22BrNO. The van der Waals surface area contributed by atoms with Crippen molar-refractivity contribution in [3.05, 3.63) is 28.2 Å². The Kier molecular flexibility index (Phi) is 3.61. The van der Waals surface area contributed by atoms with Gasteiger partial charge in [0.2, 0.25) is 0 Å². The first-order valence-corrected chi connectivity index (χ1v) is 8.15. The van der Waals surface area contributed by atoms with Crippen LogP contribution in [0.2, 0.25) is 0 Å². The molecule has 1 heterocycles. The van der Waals surface area contributed by atoms with Crippen molar-refractivity contribution in [2.24, 2.45) is 11.7 Å². The van der Waals surface area contributed by atoms with Gasteiger partial charge in [0, 0.05) is 22.5 Å². The molecule has 1 aromatic rings. The molecule has 1 saturated carbocycles. The molecule has 0 radical (unpaired) electrons. The molecule has 1 aliphatic carbocycles. The van der Waals surface area contributed by atoms with E-state index in [2.05, 4.69) is 35.0 Å². The van der Waals surface area contributed by atoms with Gasteiger partial charge < -0.3 is 10.5 Å². The molecule has 0 aromatic heterocycles. The first-order chi connectivity index (χ1) is 9.12. The molecule has 19 heavy (non-hydrogen) atoms. The predicted molar refractivity (Wildman–Crippen MR) is 81.3 cm³/mol. The Morgan fingerprint density at radius 1 is 1.37 bits per heavy atom. The molecule has 2 N–H and O–H groups in total. The molecule has 0 saturated heterocycles. The van der Waals surface area contributed by atoms with Crippen molar-refractivity contribution in [3.8, 4) is 5.75 Å². The maximum atomic E-state index is 6.39. The summed E-state index contributed by atoms with van der Waals surface area (Å²) in [6.45, 7) is 2.29. The highest BCUT2D eigenvalue weighted by Crippen LogP contribution is 2.47. The molecule has 1 aromatic carbocycles. The first-order valence-electron chi connectivity index (χ1n) is 7.36. The van der Waals surface area contributed by atoms with Crippen LogP contribution in [0.5, 0.6) is 5.75 Å². The lowest BCUT2D eigenvalue weighted by molar-refractivity contribution is -0.0110. The molecule has 2 nitrogen and oxygen atoms in total. The Morgan fingerprint density at radius 2 is 2.11 bits per heavy atom. The Morgan fingerprint density at radius 3 is 2.79 bits per heavy atom. The maximum absolute atomic E-state index is 6.39. The van der Waals surface area contributed by atoms with Gasteiger partial charge in [-0.05, 0) is 43.7 Å². The third-order valence-corrected chi connectivity index (χ3v) is 5.38. The van der Waals surface area contributed by atoms with E-state index in [1.54, 1.807) is 0 Å². The highest BCUT2D eigenvalue weighted by atomic mass is 79.9. The summed E-state index contributed by atoms with van der Waals surface area (Å²) in [6, 6.07) is 6.33. The second kappa shape index (κ2) is 5.10. The molecule has 0 amide bonds. The van der Waals surface area contributed by atoms with Crippen LogP contribution in [0.15, 0.2) is 22.7 Å². The minimum Gasteiger partial charge on any atom is -0.487 e. The number of rotatable bonds is 1. The van der Waals surface area contributed by atoms with Crippen molar-refractivity contribution in [1.29, 1.82) is 0 Å². The standard InChI is InChI=1S/C16H22BrNO/c1-2-11-5-7-16(8-6-11)10-14(18)13-4-3-12(17)9-15(13)19-16/h3-4,9,11,14H,2,5-8,10,18H2,1H3/t11?,14-,16?/m1/s1. The quantitative estimate of drug-likeness (QED) is 0.821. The molecule has 1 atom stereocenters. The van der Waals surface area contributed by atoms with E-state index in [9.17, 15) is 0 Å². The van der Waals surface area contributed by atoms with Crippen molar-refractivity contribution in [2.45, 2.75) is 57.1 Å². The highest BCUT2D eigenvalue weighted by molar-refractivity contribution is 9.10. The Labute approximate surface area is 123 Å². The molecular weight excluding hydrogens is 302 g/mol. The number of nitrogens with two attached hydrogens (primary N) is 1. The molecule has 1 aliphatic heterocycles. The van der Waals surface area contributed by atoms with Gasteiger partial charge in [0.1, 0.15) is 11.4 Å². The third kappa shape index (κ3) is 2.55. The molecule has 3 heteroatoms. The Balaban J connectivity index is 1.84. The Hall–Kier alpha value is -0.540. The van der Waals surface area contributed by atoms with Crippen LogP contribution >= 0.6 is 15.9 Å². The van der Waals surface area contributed by atoms with Crippen LogP contribution in [-0.2, 0) is 0 Å². The monoisotopic (exact) mass is 323 g/mol. The van der Waals surface area contributed by atoms with Gasteiger partial charge in [0.05, 0.1) is 0 Å². The van der Waals surface area contributed by atoms with Gasteiger partial charge in [0.15, 0.2) is 0 Å². The average Bonchev–Trinajstić information content (AvgIpc) is 2.39. The van der Waals surface area contributed by atoms with Crippen molar-refractivity contribution in [1.82, 2.24) is 0 Å². The summed E-state index contributed by atoms with van der Waals surface area (Å²) in [7, 11) is 0. The van der Waals surface area contributed by atoms with Crippen molar-refractivity contribution < 1.29 is 4.74 Å². The van der Waals surface area contributed by atoms with E-state index in [0.717, 1.165) is 41.0 Å². The summed E-state index contributed by atoms with van der Waals surface area (Å²) in [4.78, 5) is 0. The lowest BCUT2D eigenvalue weighted by Gasteiger charge is -2.45. The molecule has 0 unspecified atom stereocenters. The van der Waals surface area contributed by atoms with Crippen molar-refractivity contribution in [2.75, 3.05) is 0 Å². The minimum atomic E-state index is -0.00111. The maximum Gasteiger partial charge on any atom is 0.126 e. The minimum absolute atomic E-state index is 0.00111. The topological polar surface area (TPSA) is 35.2 Å². The smallest absolute Gasteiger partial charge is 0.126 e. The summed E-state index contributed by atoms with van der Waals surface area (Å²) in [6.07, 6.45) is 7.15. The molecule has 3 rings (SSSR count). The van der Waals surface area contributed by atoms with Crippen LogP contribution in [0, 0.1) is 5.92 Å². The molecule has 104 valence electrons. The van der Waals surface area contributed by atoms with Gasteiger partial charge in [0.25, 0.3) is 0 Å². The number of benzene rings is 1. The van der Waals surface area contributed by atoms with Crippen LogP contribution < -0.4 is 10.5 Å². The summed E-state index contributed by atoms with van der Waals surface area (Å²) in [5, 5.41) is 0. The van der Waals surface area contributed by atoms with Gasteiger partial charge in [-0.1, -0.05) is 35.3 Å². The van der Waals surface area contributed by atoms with E-state index in [0.29, 0.717) is 0 Å². The summed E-state index contributed by atoms with van der Waals surface area (Å²) >= 11 is 3.52.